The summed E-state index contributed by atoms with van der Waals surface area (Å²) < 4.78 is 6.30. The van der Waals surface area contributed by atoms with Crippen LogP contribution < -0.4 is 0 Å². The first-order chi connectivity index (χ1) is 12.7. The summed E-state index contributed by atoms with van der Waals surface area (Å²) in [6.07, 6.45) is 15.7. The Morgan fingerprint density at radius 2 is 1.65 bits per heavy atom. The largest absolute Gasteiger partial charge is 0.481 e. The SMILES string of the molecule is O=C(O)CCCCSCC[C@@H]1[C@H](CSC2CCCCCC2)[C@@H]2CC[C@H]1O2. The van der Waals surface area contributed by atoms with Gasteiger partial charge in [0.05, 0.1) is 12.2 Å². The van der Waals surface area contributed by atoms with E-state index in [1.807, 2.05) is 11.8 Å². The molecule has 2 bridgehead atoms. The molecule has 0 aromatic heterocycles. The molecule has 26 heavy (non-hydrogen) atoms. The van der Waals surface area contributed by atoms with Gasteiger partial charge in [-0.15, -0.1) is 0 Å². The lowest BCUT2D eigenvalue weighted by molar-refractivity contribution is -0.137. The Balaban J connectivity index is 1.34. The number of hydrogen-bond acceptors (Lipinski definition) is 4. The zero-order chi connectivity index (χ0) is 18.2. The van der Waals surface area contributed by atoms with E-state index in [0.717, 1.165) is 35.7 Å². The lowest BCUT2D eigenvalue weighted by Crippen LogP contribution is -2.30. The Morgan fingerprint density at radius 1 is 0.923 bits per heavy atom. The monoisotopic (exact) mass is 400 g/mol. The maximum atomic E-state index is 10.5. The van der Waals surface area contributed by atoms with E-state index in [4.69, 9.17) is 9.84 Å². The van der Waals surface area contributed by atoms with Crippen LogP contribution in [-0.4, -0.2) is 45.8 Å². The predicted octanol–water partition coefficient (Wildman–Crippen LogP) is 5.61. The number of rotatable bonds is 11. The summed E-state index contributed by atoms with van der Waals surface area (Å²) in [6.45, 7) is 0. The molecule has 0 amide bonds. The van der Waals surface area contributed by atoms with Crippen molar-refractivity contribution >= 4 is 29.5 Å². The molecule has 1 N–H and O–H groups in total. The van der Waals surface area contributed by atoms with Crippen molar-refractivity contribution < 1.29 is 14.6 Å². The van der Waals surface area contributed by atoms with Crippen molar-refractivity contribution in [1.82, 2.24) is 0 Å². The molecular weight excluding hydrogens is 364 g/mol. The van der Waals surface area contributed by atoms with E-state index in [0.29, 0.717) is 18.6 Å². The van der Waals surface area contributed by atoms with Gasteiger partial charge in [-0.2, -0.15) is 23.5 Å². The van der Waals surface area contributed by atoms with Gasteiger partial charge in [0.1, 0.15) is 0 Å². The van der Waals surface area contributed by atoms with Crippen LogP contribution in [0.1, 0.15) is 77.0 Å². The number of carboxylic acids is 1. The van der Waals surface area contributed by atoms with Crippen LogP contribution in [0.4, 0.5) is 0 Å². The number of hydrogen-bond donors (Lipinski definition) is 1. The molecule has 0 spiro atoms. The van der Waals surface area contributed by atoms with Crippen molar-refractivity contribution in [2.75, 3.05) is 17.3 Å². The fourth-order valence-electron chi connectivity index (χ4n) is 4.96. The van der Waals surface area contributed by atoms with E-state index < -0.39 is 5.97 Å². The van der Waals surface area contributed by atoms with Crippen LogP contribution >= 0.6 is 23.5 Å². The van der Waals surface area contributed by atoms with Crippen molar-refractivity contribution in [3.05, 3.63) is 0 Å². The molecule has 0 radical (unpaired) electrons. The number of thioether (sulfide) groups is 2. The van der Waals surface area contributed by atoms with Crippen LogP contribution in [0, 0.1) is 11.8 Å². The molecule has 2 aliphatic heterocycles. The third kappa shape index (κ3) is 6.34. The molecule has 150 valence electrons. The lowest BCUT2D eigenvalue weighted by atomic mass is 9.79. The molecule has 0 unspecified atom stereocenters. The van der Waals surface area contributed by atoms with Crippen molar-refractivity contribution in [2.45, 2.75) is 94.5 Å². The van der Waals surface area contributed by atoms with Gasteiger partial charge in [0.25, 0.3) is 0 Å². The molecule has 2 heterocycles. The summed E-state index contributed by atoms with van der Waals surface area (Å²) in [5, 5.41) is 9.59. The smallest absolute Gasteiger partial charge is 0.303 e. The van der Waals surface area contributed by atoms with Gasteiger partial charge in [-0.25, -0.2) is 0 Å². The van der Waals surface area contributed by atoms with E-state index in [9.17, 15) is 4.79 Å². The molecule has 0 aromatic rings. The normalized spacial score (nSPS) is 32.0. The first-order valence-electron chi connectivity index (χ1n) is 10.8. The van der Waals surface area contributed by atoms with Gasteiger partial charge in [-0.05, 0) is 74.0 Å². The third-order valence-corrected chi connectivity index (χ3v) is 9.06. The van der Waals surface area contributed by atoms with E-state index >= 15 is 0 Å². The number of carbonyl (C=O) groups is 1. The minimum Gasteiger partial charge on any atom is -0.481 e. The van der Waals surface area contributed by atoms with E-state index in [1.54, 1.807) is 0 Å². The summed E-state index contributed by atoms with van der Waals surface area (Å²) >= 11 is 4.28. The number of aliphatic carboxylic acids is 1. The first-order valence-corrected chi connectivity index (χ1v) is 13.0. The van der Waals surface area contributed by atoms with Crippen molar-refractivity contribution in [1.29, 1.82) is 0 Å². The van der Waals surface area contributed by atoms with Crippen LogP contribution in [0.15, 0.2) is 0 Å². The maximum absolute atomic E-state index is 10.5. The summed E-state index contributed by atoms with van der Waals surface area (Å²) in [5.41, 5.74) is 0. The average Bonchev–Trinajstić information content (AvgIpc) is 3.12. The van der Waals surface area contributed by atoms with Crippen LogP contribution in [-0.2, 0) is 9.53 Å². The van der Waals surface area contributed by atoms with Crippen molar-refractivity contribution in [3.63, 3.8) is 0 Å². The Hall–Kier alpha value is 0.130. The second kappa shape index (κ2) is 11.2. The quantitative estimate of drug-likeness (QED) is 0.360. The van der Waals surface area contributed by atoms with Gasteiger partial charge in [0.2, 0.25) is 0 Å². The van der Waals surface area contributed by atoms with Gasteiger partial charge in [-0.3, -0.25) is 4.79 Å². The second-order valence-electron chi connectivity index (χ2n) is 8.32. The van der Waals surface area contributed by atoms with Gasteiger partial charge in [0.15, 0.2) is 0 Å². The molecule has 3 fully saturated rings. The highest BCUT2D eigenvalue weighted by Crippen LogP contribution is 2.47. The van der Waals surface area contributed by atoms with E-state index in [1.165, 1.54) is 69.3 Å². The first kappa shape index (κ1) is 20.9. The van der Waals surface area contributed by atoms with Crippen molar-refractivity contribution in [3.8, 4) is 0 Å². The zero-order valence-corrected chi connectivity index (χ0v) is 17.7. The average molecular weight is 401 g/mol. The van der Waals surface area contributed by atoms with Crippen molar-refractivity contribution in [2.24, 2.45) is 11.8 Å². The Kier molecular flexibility index (Phi) is 8.99. The molecule has 3 aliphatic rings. The number of ether oxygens (including phenoxy) is 1. The molecular formula is C21H36O3S2. The number of carboxylic acid groups (broad SMARTS) is 1. The van der Waals surface area contributed by atoms with Crippen LogP contribution in [0.2, 0.25) is 0 Å². The second-order valence-corrected chi connectivity index (χ2v) is 10.9. The van der Waals surface area contributed by atoms with Crippen LogP contribution in [0.3, 0.4) is 0 Å². The molecule has 1 aliphatic carbocycles. The summed E-state index contributed by atoms with van der Waals surface area (Å²) in [5.74, 6) is 4.54. The predicted molar refractivity (Wildman–Crippen MR) is 112 cm³/mol. The Labute approximate surface area is 167 Å². The third-order valence-electron chi connectivity index (χ3n) is 6.44. The highest BCUT2D eigenvalue weighted by atomic mass is 32.2. The van der Waals surface area contributed by atoms with Crippen LogP contribution in [0.25, 0.3) is 0 Å². The fourth-order valence-corrected chi connectivity index (χ4v) is 7.63. The lowest BCUT2D eigenvalue weighted by Gasteiger charge is -2.29. The van der Waals surface area contributed by atoms with Gasteiger partial charge in [-0.1, -0.05) is 25.7 Å². The van der Waals surface area contributed by atoms with Gasteiger partial charge < -0.3 is 9.84 Å². The van der Waals surface area contributed by atoms with Gasteiger partial charge in [0, 0.05) is 11.7 Å². The highest BCUT2D eigenvalue weighted by Gasteiger charge is 2.48. The number of fused-ring (bicyclic) bond motifs is 2. The van der Waals surface area contributed by atoms with E-state index in [2.05, 4.69) is 11.8 Å². The Morgan fingerprint density at radius 3 is 2.38 bits per heavy atom. The molecule has 0 aromatic carbocycles. The zero-order valence-electron chi connectivity index (χ0n) is 16.1. The standard InChI is InChI=1S/C21H36O3S2/c22-21(23)9-5-6-13-25-14-12-17-18(20-11-10-19(17)24-20)15-26-16-7-3-1-2-4-8-16/h16-20H,1-15H2,(H,22,23)/t17-,18+,19-,20+/m1/s1. The molecule has 1 saturated carbocycles. The molecule has 4 atom stereocenters. The molecule has 5 heteroatoms. The van der Waals surface area contributed by atoms with Crippen LogP contribution in [0.5, 0.6) is 0 Å². The topological polar surface area (TPSA) is 46.5 Å². The highest BCUT2D eigenvalue weighted by molar-refractivity contribution is 8.00. The maximum Gasteiger partial charge on any atom is 0.303 e. The molecule has 2 saturated heterocycles. The number of unbranched alkanes of at least 4 members (excludes halogenated alkanes) is 1. The van der Waals surface area contributed by atoms with Gasteiger partial charge >= 0.3 is 5.97 Å². The minimum absolute atomic E-state index is 0.321. The van der Waals surface area contributed by atoms with E-state index in [-0.39, 0.29) is 0 Å². The molecule has 3 rings (SSSR count). The Bertz CT molecular complexity index is 423. The summed E-state index contributed by atoms with van der Waals surface area (Å²) in [7, 11) is 0. The molecule has 3 nitrogen and oxygen atoms in total. The fraction of sp³-hybridized carbons (Fsp3) is 0.952. The minimum atomic E-state index is -0.664. The summed E-state index contributed by atoms with van der Waals surface area (Å²) in [6, 6.07) is 0. The summed E-state index contributed by atoms with van der Waals surface area (Å²) in [4.78, 5) is 10.5.